The molecule has 0 saturated heterocycles. The van der Waals surface area contributed by atoms with Gasteiger partial charge in [-0.1, -0.05) is 47.1 Å². The summed E-state index contributed by atoms with van der Waals surface area (Å²) in [5, 5.41) is 4.20. The second-order valence-electron chi connectivity index (χ2n) is 6.05. The van der Waals surface area contributed by atoms with Gasteiger partial charge >= 0.3 is 0 Å². The molecule has 0 saturated carbocycles. The molecule has 1 N–H and O–H groups in total. The summed E-state index contributed by atoms with van der Waals surface area (Å²) in [4.78, 5) is 12.5. The Balaban J connectivity index is 2.01. The quantitative estimate of drug-likeness (QED) is 0.812. The molecule has 0 aromatic heterocycles. The first-order chi connectivity index (χ1) is 9.58. The second kappa shape index (κ2) is 6.75. The van der Waals surface area contributed by atoms with Gasteiger partial charge in [0.2, 0.25) is 5.91 Å². The third kappa shape index (κ3) is 3.63. The molecule has 0 fully saturated rings. The lowest BCUT2D eigenvalue weighted by Crippen LogP contribution is -2.49. The maximum atomic E-state index is 12.5. The molecule has 1 aliphatic rings. The van der Waals surface area contributed by atoms with E-state index in [2.05, 4.69) is 59.4 Å². The normalized spacial score (nSPS) is 20.9. The van der Waals surface area contributed by atoms with Crippen molar-refractivity contribution in [3.8, 4) is 0 Å². The van der Waals surface area contributed by atoms with Crippen LogP contribution in [0.3, 0.4) is 0 Å². The third-order valence-electron chi connectivity index (χ3n) is 4.57. The van der Waals surface area contributed by atoms with Crippen molar-refractivity contribution in [3.05, 3.63) is 35.4 Å². The highest BCUT2D eigenvalue weighted by molar-refractivity contribution is 9.09. The number of carbonyl (C=O) groups excluding carboxylic acids is 1. The zero-order chi connectivity index (χ0) is 14.6. The van der Waals surface area contributed by atoms with Crippen molar-refractivity contribution in [3.63, 3.8) is 0 Å². The van der Waals surface area contributed by atoms with Crippen LogP contribution in [0.4, 0.5) is 0 Å². The van der Waals surface area contributed by atoms with Gasteiger partial charge in [-0.15, -0.1) is 0 Å². The summed E-state index contributed by atoms with van der Waals surface area (Å²) in [5.41, 5.74) is 2.67. The van der Waals surface area contributed by atoms with Crippen molar-refractivity contribution in [1.29, 1.82) is 0 Å². The van der Waals surface area contributed by atoms with Crippen molar-refractivity contribution < 1.29 is 4.79 Å². The first kappa shape index (κ1) is 15.6. The molecule has 3 heteroatoms. The summed E-state index contributed by atoms with van der Waals surface area (Å²) >= 11 is 3.48. The predicted molar refractivity (Wildman–Crippen MR) is 87.2 cm³/mol. The van der Waals surface area contributed by atoms with E-state index in [4.69, 9.17) is 0 Å². The molecular formula is C17H24BrNO. The Morgan fingerprint density at radius 3 is 2.75 bits per heavy atom. The van der Waals surface area contributed by atoms with E-state index >= 15 is 0 Å². The molecule has 2 rings (SSSR count). The van der Waals surface area contributed by atoms with Gasteiger partial charge in [0, 0.05) is 16.8 Å². The van der Waals surface area contributed by atoms with E-state index in [1.807, 2.05) is 0 Å². The lowest BCUT2D eigenvalue weighted by atomic mass is 9.82. The molecule has 0 bridgehead atoms. The molecule has 2 atom stereocenters. The van der Waals surface area contributed by atoms with Gasteiger partial charge in [0.25, 0.3) is 0 Å². The van der Waals surface area contributed by atoms with Crippen LogP contribution in [0.25, 0.3) is 0 Å². The van der Waals surface area contributed by atoms with Gasteiger partial charge < -0.3 is 5.32 Å². The van der Waals surface area contributed by atoms with E-state index in [0.717, 1.165) is 37.4 Å². The van der Waals surface area contributed by atoms with Crippen LogP contribution < -0.4 is 5.32 Å². The zero-order valence-electron chi connectivity index (χ0n) is 12.4. The summed E-state index contributed by atoms with van der Waals surface area (Å²) in [6.07, 6.45) is 4.81. The van der Waals surface area contributed by atoms with E-state index in [1.54, 1.807) is 0 Å². The number of halogens is 1. The standard InChI is InChI=1S/C17H24BrNO/c1-3-17(2,10-11-18)19-16(20)15-9-8-13-6-4-5-7-14(13)12-15/h4-7,15H,3,8-12H2,1-2H3,(H,19,20). The van der Waals surface area contributed by atoms with Crippen LogP contribution in [-0.2, 0) is 17.6 Å². The smallest absolute Gasteiger partial charge is 0.223 e. The Morgan fingerprint density at radius 1 is 1.40 bits per heavy atom. The number of aryl methyl sites for hydroxylation is 1. The maximum Gasteiger partial charge on any atom is 0.223 e. The Bertz CT molecular complexity index is 474. The Labute approximate surface area is 130 Å². The number of hydrogen-bond acceptors (Lipinski definition) is 1. The molecule has 1 amide bonds. The summed E-state index contributed by atoms with van der Waals surface area (Å²) < 4.78 is 0. The van der Waals surface area contributed by atoms with Gasteiger partial charge in [-0.05, 0) is 50.2 Å². The number of fused-ring (bicyclic) bond motifs is 1. The molecule has 0 heterocycles. The SMILES string of the molecule is CCC(C)(CCBr)NC(=O)C1CCc2ccccc2C1. The molecule has 0 spiro atoms. The Kier molecular flexibility index (Phi) is 5.25. The fourth-order valence-electron chi connectivity index (χ4n) is 2.86. The van der Waals surface area contributed by atoms with Gasteiger partial charge in [0.1, 0.15) is 0 Å². The molecular weight excluding hydrogens is 314 g/mol. The number of rotatable bonds is 5. The highest BCUT2D eigenvalue weighted by atomic mass is 79.9. The van der Waals surface area contributed by atoms with Crippen LogP contribution in [0, 0.1) is 5.92 Å². The fraction of sp³-hybridized carbons (Fsp3) is 0.588. The molecule has 2 unspecified atom stereocenters. The lowest BCUT2D eigenvalue weighted by Gasteiger charge is -2.32. The topological polar surface area (TPSA) is 29.1 Å². The molecule has 0 radical (unpaired) electrons. The number of benzene rings is 1. The van der Waals surface area contributed by atoms with Gasteiger partial charge in [0.05, 0.1) is 0 Å². The highest BCUT2D eigenvalue weighted by Crippen LogP contribution is 2.26. The second-order valence-corrected chi connectivity index (χ2v) is 6.84. The number of hydrogen-bond donors (Lipinski definition) is 1. The van der Waals surface area contributed by atoms with Crippen LogP contribution in [-0.4, -0.2) is 16.8 Å². The average Bonchev–Trinajstić information content (AvgIpc) is 2.47. The first-order valence-electron chi connectivity index (χ1n) is 7.53. The van der Waals surface area contributed by atoms with Crippen molar-refractivity contribution >= 4 is 21.8 Å². The monoisotopic (exact) mass is 337 g/mol. The Morgan fingerprint density at radius 2 is 2.10 bits per heavy atom. The van der Waals surface area contributed by atoms with Crippen molar-refractivity contribution in [2.75, 3.05) is 5.33 Å². The van der Waals surface area contributed by atoms with E-state index in [0.29, 0.717) is 0 Å². The fourth-order valence-corrected chi connectivity index (χ4v) is 3.73. The summed E-state index contributed by atoms with van der Waals surface area (Å²) in [6, 6.07) is 8.50. The predicted octanol–water partition coefficient (Wildman–Crippen LogP) is 3.86. The minimum Gasteiger partial charge on any atom is -0.351 e. The first-order valence-corrected chi connectivity index (χ1v) is 8.65. The minimum atomic E-state index is -0.0858. The molecule has 1 aromatic carbocycles. The largest absolute Gasteiger partial charge is 0.351 e. The van der Waals surface area contributed by atoms with Gasteiger partial charge in [-0.2, -0.15) is 0 Å². The summed E-state index contributed by atoms with van der Waals surface area (Å²) in [7, 11) is 0. The number of alkyl halides is 1. The third-order valence-corrected chi connectivity index (χ3v) is 4.97. The van der Waals surface area contributed by atoms with Crippen molar-refractivity contribution in [1.82, 2.24) is 5.32 Å². The van der Waals surface area contributed by atoms with Crippen molar-refractivity contribution in [2.45, 2.75) is 51.5 Å². The Hall–Kier alpha value is -0.830. The van der Waals surface area contributed by atoms with E-state index < -0.39 is 0 Å². The van der Waals surface area contributed by atoms with Gasteiger partial charge in [-0.3, -0.25) is 4.79 Å². The van der Waals surface area contributed by atoms with Gasteiger partial charge in [-0.25, -0.2) is 0 Å². The van der Waals surface area contributed by atoms with E-state index in [1.165, 1.54) is 11.1 Å². The van der Waals surface area contributed by atoms with Crippen LogP contribution in [0.15, 0.2) is 24.3 Å². The number of nitrogens with one attached hydrogen (secondary N) is 1. The number of carbonyl (C=O) groups is 1. The van der Waals surface area contributed by atoms with E-state index in [-0.39, 0.29) is 17.4 Å². The average molecular weight is 338 g/mol. The maximum absolute atomic E-state index is 12.5. The molecule has 1 aromatic rings. The lowest BCUT2D eigenvalue weighted by molar-refractivity contribution is -0.127. The minimum absolute atomic E-state index is 0.0858. The zero-order valence-corrected chi connectivity index (χ0v) is 14.0. The molecule has 1 aliphatic carbocycles. The van der Waals surface area contributed by atoms with Crippen LogP contribution in [0.5, 0.6) is 0 Å². The van der Waals surface area contributed by atoms with Crippen molar-refractivity contribution in [2.24, 2.45) is 5.92 Å². The van der Waals surface area contributed by atoms with Crippen LogP contribution in [0.2, 0.25) is 0 Å². The molecule has 110 valence electrons. The molecule has 0 aliphatic heterocycles. The van der Waals surface area contributed by atoms with E-state index in [9.17, 15) is 4.79 Å². The summed E-state index contributed by atoms with van der Waals surface area (Å²) in [6.45, 7) is 4.28. The molecule has 20 heavy (non-hydrogen) atoms. The highest BCUT2D eigenvalue weighted by Gasteiger charge is 2.29. The number of amides is 1. The molecule has 2 nitrogen and oxygen atoms in total. The van der Waals surface area contributed by atoms with Gasteiger partial charge in [0.15, 0.2) is 0 Å². The van der Waals surface area contributed by atoms with Crippen LogP contribution in [0.1, 0.15) is 44.2 Å². The summed E-state index contributed by atoms with van der Waals surface area (Å²) in [5.74, 6) is 0.357. The van der Waals surface area contributed by atoms with Crippen LogP contribution >= 0.6 is 15.9 Å².